The quantitative estimate of drug-likeness (QED) is 0.918. The van der Waals surface area contributed by atoms with Crippen molar-refractivity contribution in [2.45, 2.75) is 26.8 Å². The van der Waals surface area contributed by atoms with Crippen molar-refractivity contribution >= 4 is 11.6 Å². The van der Waals surface area contributed by atoms with Crippen LogP contribution in [-0.2, 0) is 13.0 Å². The van der Waals surface area contributed by atoms with Gasteiger partial charge in [0.05, 0.1) is 12.2 Å². The summed E-state index contributed by atoms with van der Waals surface area (Å²) in [5, 5.41) is 8.18. The minimum absolute atomic E-state index is 0.251. The molecule has 0 amide bonds. The Bertz CT molecular complexity index is 607. The SMILES string of the molecule is CNCCc1c(C)nn(Cc2cc(Cl)ccc2F)c1C. The maximum Gasteiger partial charge on any atom is 0.128 e. The maximum absolute atomic E-state index is 13.8. The zero-order valence-corrected chi connectivity index (χ0v) is 12.8. The Morgan fingerprint density at radius 1 is 1.35 bits per heavy atom. The second-order valence-electron chi connectivity index (χ2n) is 4.90. The minimum Gasteiger partial charge on any atom is -0.319 e. The molecule has 5 heteroatoms. The van der Waals surface area contributed by atoms with Crippen LogP contribution < -0.4 is 5.32 Å². The standard InChI is InChI=1S/C15H19ClFN3/c1-10-14(6-7-18-3)11(2)20(19-10)9-12-8-13(16)4-5-15(12)17/h4-5,8,18H,6-7,9H2,1-3H3. The molecule has 1 aromatic carbocycles. The Kier molecular flexibility index (Phi) is 4.78. The molecule has 108 valence electrons. The van der Waals surface area contributed by atoms with Crippen LogP contribution in [0.2, 0.25) is 5.02 Å². The highest BCUT2D eigenvalue weighted by Crippen LogP contribution is 2.19. The Labute approximate surface area is 123 Å². The average molecular weight is 296 g/mol. The van der Waals surface area contributed by atoms with Crippen molar-refractivity contribution in [3.8, 4) is 0 Å². The molecule has 0 bridgehead atoms. The minimum atomic E-state index is -0.251. The highest BCUT2D eigenvalue weighted by Gasteiger charge is 2.13. The third-order valence-corrected chi connectivity index (χ3v) is 3.72. The molecule has 0 aliphatic rings. The maximum atomic E-state index is 13.8. The lowest BCUT2D eigenvalue weighted by Gasteiger charge is -2.07. The molecule has 20 heavy (non-hydrogen) atoms. The number of hydrogen-bond acceptors (Lipinski definition) is 2. The molecule has 0 aliphatic carbocycles. The van der Waals surface area contributed by atoms with Crippen LogP contribution in [0.3, 0.4) is 0 Å². The van der Waals surface area contributed by atoms with Crippen LogP contribution in [0.25, 0.3) is 0 Å². The lowest BCUT2D eigenvalue weighted by molar-refractivity contribution is 0.578. The Morgan fingerprint density at radius 2 is 2.10 bits per heavy atom. The molecule has 0 saturated heterocycles. The number of halogens is 2. The normalized spacial score (nSPS) is 11.1. The topological polar surface area (TPSA) is 29.9 Å². The molecular weight excluding hydrogens is 277 g/mol. The molecule has 2 rings (SSSR count). The summed E-state index contributed by atoms with van der Waals surface area (Å²) in [5.41, 5.74) is 3.86. The summed E-state index contributed by atoms with van der Waals surface area (Å²) in [6, 6.07) is 4.60. The van der Waals surface area contributed by atoms with Crippen LogP contribution in [0.5, 0.6) is 0 Å². The predicted octanol–water partition coefficient (Wildman–Crippen LogP) is 3.10. The van der Waals surface area contributed by atoms with E-state index in [1.54, 1.807) is 12.1 Å². The number of aromatic nitrogens is 2. The molecule has 1 heterocycles. The third kappa shape index (κ3) is 3.19. The van der Waals surface area contributed by atoms with Gasteiger partial charge in [-0.25, -0.2) is 4.39 Å². The van der Waals surface area contributed by atoms with Crippen LogP contribution in [0.1, 0.15) is 22.5 Å². The number of nitrogens with zero attached hydrogens (tertiary/aromatic N) is 2. The zero-order chi connectivity index (χ0) is 14.7. The van der Waals surface area contributed by atoms with E-state index in [4.69, 9.17) is 11.6 Å². The number of likely N-dealkylation sites (N-methyl/N-ethyl adjacent to an activating group) is 1. The van der Waals surface area contributed by atoms with Crippen LogP contribution in [0, 0.1) is 19.7 Å². The smallest absolute Gasteiger partial charge is 0.128 e. The van der Waals surface area contributed by atoms with Crippen molar-refractivity contribution in [3.05, 3.63) is 51.6 Å². The van der Waals surface area contributed by atoms with E-state index in [-0.39, 0.29) is 5.82 Å². The van der Waals surface area contributed by atoms with Gasteiger partial charge in [0.25, 0.3) is 0 Å². The van der Waals surface area contributed by atoms with E-state index >= 15 is 0 Å². The van der Waals surface area contributed by atoms with Crippen LogP contribution in [0.4, 0.5) is 4.39 Å². The predicted molar refractivity (Wildman–Crippen MR) is 79.8 cm³/mol. The first-order chi connectivity index (χ1) is 9.52. The van der Waals surface area contributed by atoms with Gasteiger partial charge in [-0.05, 0) is 57.6 Å². The molecule has 1 N–H and O–H groups in total. The molecule has 0 radical (unpaired) electrons. The summed E-state index contributed by atoms with van der Waals surface area (Å²) in [6.45, 7) is 5.31. The molecule has 0 saturated carbocycles. The fraction of sp³-hybridized carbons (Fsp3) is 0.400. The third-order valence-electron chi connectivity index (χ3n) is 3.48. The molecule has 0 fully saturated rings. The lowest BCUT2D eigenvalue weighted by atomic mass is 10.1. The Balaban J connectivity index is 2.27. The van der Waals surface area contributed by atoms with Gasteiger partial charge in [-0.3, -0.25) is 4.68 Å². The summed E-state index contributed by atoms with van der Waals surface area (Å²) in [6.07, 6.45) is 0.923. The van der Waals surface area contributed by atoms with Gasteiger partial charge in [0.2, 0.25) is 0 Å². The Morgan fingerprint density at radius 3 is 2.80 bits per heavy atom. The molecule has 2 aromatic rings. The van der Waals surface area contributed by atoms with E-state index in [1.165, 1.54) is 11.6 Å². The zero-order valence-electron chi connectivity index (χ0n) is 12.0. The van der Waals surface area contributed by atoms with Crippen LogP contribution >= 0.6 is 11.6 Å². The molecule has 0 atom stereocenters. The van der Waals surface area contributed by atoms with E-state index in [0.29, 0.717) is 17.1 Å². The van der Waals surface area contributed by atoms with E-state index in [2.05, 4.69) is 10.4 Å². The van der Waals surface area contributed by atoms with E-state index < -0.39 is 0 Å². The monoisotopic (exact) mass is 295 g/mol. The molecule has 1 aromatic heterocycles. The number of nitrogens with one attached hydrogen (secondary N) is 1. The summed E-state index contributed by atoms with van der Waals surface area (Å²) in [4.78, 5) is 0. The van der Waals surface area contributed by atoms with Gasteiger partial charge >= 0.3 is 0 Å². The van der Waals surface area contributed by atoms with Gasteiger partial charge < -0.3 is 5.32 Å². The first kappa shape index (κ1) is 15.0. The van der Waals surface area contributed by atoms with Crippen molar-refractivity contribution < 1.29 is 4.39 Å². The highest BCUT2D eigenvalue weighted by molar-refractivity contribution is 6.30. The summed E-state index contributed by atoms with van der Waals surface area (Å²) >= 11 is 5.92. The lowest BCUT2D eigenvalue weighted by Crippen LogP contribution is -2.11. The van der Waals surface area contributed by atoms with Crippen molar-refractivity contribution in [2.75, 3.05) is 13.6 Å². The fourth-order valence-corrected chi connectivity index (χ4v) is 2.52. The van der Waals surface area contributed by atoms with Crippen molar-refractivity contribution in [3.63, 3.8) is 0 Å². The van der Waals surface area contributed by atoms with Crippen LogP contribution in [-0.4, -0.2) is 23.4 Å². The van der Waals surface area contributed by atoms with Gasteiger partial charge in [-0.1, -0.05) is 11.6 Å². The largest absolute Gasteiger partial charge is 0.319 e. The van der Waals surface area contributed by atoms with E-state index in [1.807, 2.05) is 25.6 Å². The van der Waals surface area contributed by atoms with Gasteiger partial charge in [0.15, 0.2) is 0 Å². The van der Waals surface area contributed by atoms with Gasteiger partial charge in [0.1, 0.15) is 5.82 Å². The highest BCUT2D eigenvalue weighted by atomic mass is 35.5. The molecule has 0 unspecified atom stereocenters. The summed E-state index contributed by atoms with van der Waals surface area (Å²) in [7, 11) is 1.93. The summed E-state index contributed by atoms with van der Waals surface area (Å²) < 4.78 is 15.6. The number of benzene rings is 1. The number of hydrogen-bond donors (Lipinski definition) is 1. The Hall–Kier alpha value is -1.39. The number of aryl methyl sites for hydroxylation is 1. The van der Waals surface area contributed by atoms with Crippen molar-refractivity contribution in [1.82, 2.24) is 15.1 Å². The number of rotatable bonds is 5. The van der Waals surface area contributed by atoms with E-state index in [9.17, 15) is 4.39 Å². The van der Waals surface area contributed by atoms with Gasteiger partial charge in [0, 0.05) is 16.3 Å². The molecule has 0 aliphatic heterocycles. The first-order valence-electron chi connectivity index (χ1n) is 6.64. The molecule has 0 spiro atoms. The van der Waals surface area contributed by atoms with Gasteiger partial charge in [-0.2, -0.15) is 5.10 Å². The van der Waals surface area contributed by atoms with Crippen LogP contribution in [0.15, 0.2) is 18.2 Å². The van der Waals surface area contributed by atoms with Gasteiger partial charge in [-0.15, -0.1) is 0 Å². The van der Waals surface area contributed by atoms with Crippen molar-refractivity contribution in [1.29, 1.82) is 0 Å². The first-order valence-corrected chi connectivity index (χ1v) is 7.02. The van der Waals surface area contributed by atoms with Crippen molar-refractivity contribution in [2.24, 2.45) is 0 Å². The second-order valence-corrected chi connectivity index (χ2v) is 5.33. The molecular formula is C15H19ClFN3. The summed E-state index contributed by atoms with van der Waals surface area (Å²) in [5.74, 6) is -0.251. The average Bonchev–Trinajstić information content (AvgIpc) is 2.67. The fourth-order valence-electron chi connectivity index (χ4n) is 2.33. The molecule has 3 nitrogen and oxygen atoms in total. The van der Waals surface area contributed by atoms with E-state index in [0.717, 1.165) is 24.4 Å². The second kappa shape index (κ2) is 6.37.